The monoisotopic (exact) mass is 669 g/mol. The predicted molar refractivity (Wildman–Crippen MR) is 185 cm³/mol. The van der Waals surface area contributed by atoms with E-state index in [1.165, 1.54) is 10.5 Å². The SMILES string of the molecule is CC(=O)N1CCC(c2ccc3cc(CN4CC[C@H](Oc5ccc6c(c5)CN(C(CCC(=O)OC(C)(C)C)C(N)=O)C6=O)C4)ccc3n2)CC1. The fourth-order valence-corrected chi connectivity index (χ4v) is 7.24. The van der Waals surface area contributed by atoms with Crippen molar-refractivity contribution in [2.75, 3.05) is 26.2 Å². The summed E-state index contributed by atoms with van der Waals surface area (Å²) in [6.07, 6.45) is 2.88. The molecule has 11 heteroatoms. The molecule has 6 rings (SSSR count). The summed E-state index contributed by atoms with van der Waals surface area (Å²) in [6.45, 7) is 11.3. The Balaban J connectivity index is 1.02. The average molecular weight is 670 g/mol. The first kappa shape index (κ1) is 34.4. The molecule has 3 amide bonds. The average Bonchev–Trinajstić information content (AvgIpc) is 3.62. The van der Waals surface area contributed by atoms with Crippen molar-refractivity contribution in [3.05, 3.63) is 70.9 Å². The van der Waals surface area contributed by atoms with Gasteiger partial charge in [-0.15, -0.1) is 0 Å². The fraction of sp³-hybridized carbons (Fsp3) is 0.500. The number of primary amides is 1. The van der Waals surface area contributed by atoms with E-state index in [1.807, 2.05) is 11.0 Å². The summed E-state index contributed by atoms with van der Waals surface area (Å²) in [5, 5.41) is 1.12. The van der Waals surface area contributed by atoms with Crippen molar-refractivity contribution in [3.63, 3.8) is 0 Å². The van der Waals surface area contributed by atoms with E-state index >= 15 is 0 Å². The zero-order valence-corrected chi connectivity index (χ0v) is 28.9. The van der Waals surface area contributed by atoms with Gasteiger partial charge in [0.15, 0.2) is 0 Å². The lowest BCUT2D eigenvalue weighted by Crippen LogP contribution is -2.45. The van der Waals surface area contributed by atoms with Crippen LogP contribution in [0.4, 0.5) is 0 Å². The quantitative estimate of drug-likeness (QED) is 0.311. The second-order valence-corrected chi connectivity index (χ2v) is 14.6. The second-order valence-electron chi connectivity index (χ2n) is 14.6. The number of hydrogen-bond acceptors (Lipinski definition) is 8. The van der Waals surface area contributed by atoms with Crippen LogP contribution in [0.15, 0.2) is 48.5 Å². The summed E-state index contributed by atoms with van der Waals surface area (Å²) in [5.74, 6) is -0.151. The molecule has 0 saturated carbocycles. The Morgan fingerprint density at radius 2 is 1.78 bits per heavy atom. The van der Waals surface area contributed by atoms with Crippen LogP contribution >= 0.6 is 0 Å². The highest BCUT2D eigenvalue weighted by Gasteiger charge is 2.36. The number of rotatable bonds is 10. The van der Waals surface area contributed by atoms with Crippen LogP contribution in [0.2, 0.25) is 0 Å². The van der Waals surface area contributed by atoms with Crippen LogP contribution in [0, 0.1) is 0 Å². The van der Waals surface area contributed by atoms with Crippen LogP contribution in [0.1, 0.15) is 92.9 Å². The standard InChI is InChI=1S/C38H47N5O6/c1-24(44)42-17-13-26(14-18-42)32-10-6-27-19-25(5-9-33(27)40-32)21-41-16-15-30(23-41)48-29-7-8-31-28(20-29)22-43(37(31)47)34(36(39)46)11-12-35(45)49-38(2,3)4/h5-10,19-20,26,30,34H,11-18,21-23H2,1-4H3,(H2,39,46)/t30-,34?/m0/s1. The molecule has 0 bridgehead atoms. The molecule has 1 unspecified atom stereocenters. The van der Waals surface area contributed by atoms with Crippen LogP contribution in [0.5, 0.6) is 5.75 Å². The van der Waals surface area contributed by atoms with Crippen molar-refractivity contribution in [3.8, 4) is 5.75 Å². The summed E-state index contributed by atoms with van der Waals surface area (Å²) < 4.78 is 11.7. The van der Waals surface area contributed by atoms with Gasteiger partial charge in [-0.2, -0.15) is 0 Å². The van der Waals surface area contributed by atoms with Gasteiger partial charge >= 0.3 is 5.97 Å². The van der Waals surface area contributed by atoms with E-state index in [0.717, 1.165) is 74.1 Å². The fourth-order valence-electron chi connectivity index (χ4n) is 7.24. The number of ether oxygens (including phenoxy) is 2. The highest BCUT2D eigenvalue weighted by atomic mass is 16.6. The Morgan fingerprint density at radius 3 is 2.49 bits per heavy atom. The van der Waals surface area contributed by atoms with Crippen LogP contribution in [-0.4, -0.2) is 87.3 Å². The molecule has 2 fully saturated rings. The lowest BCUT2D eigenvalue weighted by atomic mass is 9.92. The van der Waals surface area contributed by atoms with Crippen LogP contribution < -0.4 is 10.5 Å². The number of aromatic nitrogens is 1. The van der Waals surface area contributed by atoms with Gasteiger partial charge in [0, 0.05) is 75.2 Å². The van der Waals surface area contributed by atoms with Gasteiger partial charge in [0.1, 0.15) is 23.5 Å². The summed E-state index contributed by atoms with van der Waals surface area (Å²) in [5.41, 5.74) is 9.66. The number of nitrogens with zero attached hydrogens (tertiary/aromatic N) is 4. The maximum absolute atomic E-state index is 13.2. The zero-order valence-electron chi connectivity index (χ0n) is 28.9. The molecule has 260 valence electrons. The van der Waals surface area contributed by atoms with Crippen molar-refractivity contribution in [1.29, 1.82) is 0 Å². The van der Waals surface area contributed by atoms with E-state index in [9.17, 15) is 19.2 Å². The number of nitrogens with two attached hydrogens (primary N) is 1. The minimum Gasteiger partial charge on any atom is -0.489 e. The smallest absolute Gasteiger partial charge is 0.306 e. The number of carbonyl (C=O) groups excluding carboxylic acids is 4. The molecule has 0 spiro atoms. The molecule has 0 aliphatic carbocycles. The van der Waals surface area contributed by atoms with Gasteiger partial charge in [0.05, 0.1) is 5.52 Å². The minimum absolute atomic E-state index is 0.0116. The maximum Gasteiger partial charge on any atom is 0.306 e. The van der Waals surface area contributed by atoms with Gasteiger partial charge in [-0.05, 0) is 94.0 Å². The third kappa shape index (κ3) is 8.21. The predicted octanol–water partition coefficient (Wildman–Crippen LogP) is 4.55. The molecule has 3 aliphatic heterocycles. The van der Waals surface area contributed by atoms with E-state index in [4.69, 9.17) is 20.2 Å². The van der Waals surface area contributed by atoms with Gasteiger partial charge in [-0.1, -0.05) is 12.1 Å². The number of amides is 3. The molecular formula is C38H47N5O6. The first-order valence-electron chi connectivity index (χ1n) is 17.3. The van der Waals surface area contributed by atoms with Crippen molar-refractivity contribution in [2.24, 2.45) is 5.73 Å². The number of hydrogen-bond donors (Lipinski definition) is 1. The highest BCUT2D eigenvalue weighted by Crippen LogP contribution is 2.32. The summed E-state index contributed by atoms with van der Waals surface area (Å²) in [7, 11) is 0. The molecule has 4 heterocycles. The molecule has 2 atom stereocenters. The van der Waals surface area contributed by atoms with Gasteiger partial charge in [0.25, 0.3) is 5.91 Å². The Morgan fingerprint density at radius 1 is 1.00 bits per heavy atom. The number of fused-ring (bicyclic) bond motifs is 2. The molecule has 2 N–H and O–H groups in total. The molecule has 2 saturated heterocycles. The Labute approximate surface area is 287 Å². The topological polar surface area (TPSA) is 135 Å². The van der Waals surface area contributed by atoms with Crippen molar-refractivity contribution >= 4 is 34.6 Å². The van der Waals surface area contributed by atoms with Crippen LogP contribution in [0.3, 0.4) is 0 Å². The lowest BCUT2D eigenvalue weighted by molar-refractivity contribution is -0.155. The molecule has 11 nitrogen and oxygen atoms in total. The van der Waals surface area contributed by atoms with Crippen LogP contribution in [0.25, 0.3) is 10.9 Å². The van der Waals surface area contributed by atoms with Crippen molar-refractivity contribution in [1.82, 2.24) is 19.7 Å². The van der Waals surface area contributed by atoms with E-state index in [1.54, 1.807) is 39.8 Å². The van der Waals surface area contributed by atoms with Gasteiger partial charge in [-0.25, -0.2) is 0 Å². The molecule has 2 aromatic carbocycles. The summed E-state index contributed by atoms with van der Waals surface area (Å²) in [4.78, 5) is 60.2. The first-order chi connectivity index (χ1) is 23.3. The lowest BCUT2D eigenvalue weighted by Gasteiger charge is -2.31. The molecule has 0 radical (unpaired) electrons. The van der Waals surface area contributed by atoms with Gasteiger partial charge < -0.3 is 25.0 Å². The third-order valence-electron chi connectivity index (χ3n) is 9.73. The van der Waals surface area contributed by atoms with Gasteiger partial charge in [-0.3, -0.25) is 29.1 Å². The number of esters is 1. The van der Waals surface area contributed by atoms with E-state index in [0.29, 0.717) is 17.2 Å². The maximum atomic E-state index is 13.2. The molecule has 3 aliphatic rings. The van der Waals surface area contributed by atoms with E-state index in [2.05, 4.69) is 35.2 Å². The molecule has 49 heavy (non-hydrogen) atoms. The Kier molecular flexibility index (Phi) is 9.92. The van der Waals surface area contributed by atoms with Crippen LogP contribution in [-0.2, 0) is 32.2 Å². The van der Waals surface area contributed by atoms with Crippen molar-refractivity contribution < 1.29 is 28.7 Å². The Hall–Kier alpha value is -4.51. The third-order valence-corrected chi connectivity index (χ3v) is 9.73. The number of pyridine rings is 1. The van der Waals surface area contributed by atoms with E-state index < -0.39 is 23.5 Å². The van der Waals surface area contributed by atoms with E-state index in [-0.39, 0.29) is 37.3 Å². The molecular weight excluding hydrogens is 622 g/mol. The van der Waals surface area contributed by atoms with Gasteiger partial charge in [0.2, 0.25) is 11.8 Å². The summed E-state index contributed by atoms with van der Waals surface area (Å²) >= 11 is 0. The number of piperidine rings is 1. The molecule has 3 aromatic rings. The zero-order chi connectivity index (χ0) is 34.9. The minimum atomic E-state index is -0.912. The number of benzene rings is 2. The van der Waals surface area contributed by atoms with Crippen molar-refractivity contribution in [2.45, 2.75) is 96.6 Å². The second kappa shape index (κ2) is 14.2. The number of likely N-dealkylation sites (tertiary alicyclic amines) is 2. The number of carbonyl (C=O) groups is 4. The summed E-state index contributed by atoms with van der Waals surface area (Å²) in [6, 6.07) is 15.3. The Bertz CT molecular complexity index is 1740. The largest absolute Gasteiger partial charge is 0.489 e. The molecule has 1 aromatic heterocycles. The normalized spacial score (nSPS) is 19.3. The first-order valence-corrected chi connectivity index (χ1v) is 17.3. The highest BCUT2D eigenvalue weighted by molar-refractivity contribution is 6.01.